The van der Waals surface area contributed by atoms with Crippen molar-refractivity contribution in [3.63, 3.8) is 0 Å². The molecular weight excluding hydrogens is 278 g/mol. The summed E-state index contributed by atoms with van der Waals surface area (Å²) in [5, 5.41) is 0. The molecular formula is C18H21NO3. The van der Waals surface area contributed by atoms with Gasteiger partial charge in [0.15, 0.2) is 12.4 Å². The smallest absolute Gasteiger partial charge is 0.355 e. The summed E-state index contributed by atoms with van der Waals surface area (Å²) in [6.45, 7) is 3.78. The minimum atomic E-state index is -0.480. The van der Waals surface area contributed by atoms with E-state index in [-0.39, 0.29) is 12.4 Å². The molecule has 4 heteroatoms. The summed E-state index contributed by atoms with van der Waals surface area (Å²) in [6.07, 6.45) is 2.07. The highest BCUT2D eigenvalue weighted by molar-refractivity contribution is 5.99. The van der Waals surface area contributed by atoms with Gasteiger partial charge in [0.25, 0.3) is 0 Å². The van der Waals surface area contributed by atoms with Crippen LogP contribution in [-0.2, 0) is 18.2 Å². The summed E-state index contributed by atoms with van der Waals surface area (Å²) in [6, 6.07) is 11.0. The Morgan fingerprint density at radius 2 is 1.77 bits per heavy atom. The van der Waals surface area contributed by atoms with E-state index in [1.807, 2.05) is 25.1 Å². The van der Waals surface area contributed by atoms with Gasteiger partial charge in [-0.25, -0.2) is 4.79 Å². The third-order valence-corrected chi connectivity index (χ3v) is 3.73. The number of esters is 1. The third-order valence-electron chi connectivity index (χ3n) is 3.73. The third kappa shape index (κ3) is 3.64. The van der Waals surface area contributed by atoms with Gasteiger partial charge in [-0.05, 0) is 31.0 Å². The van der Waals surface area contributed by atoms with Gasteiger partial charge in [-0.15, -0.1) is 0 Å². The van der Waals surface area contributed by atoms with Gasteiger partial charge in [-0.3, -0.25) is 4.79 Å². The van der Waals surface area contributed by atoms with Crippen molar-refractivity contribution in [1.29, 1.82) is 0 Å². The second kappa shape index (κ2) is 7.07. The fourth-order valence-electron chi connectivity index (χ4n) is 2.25. The van der Waals surface area contributed by atoms with E-state index in [1.165, 1.54) is 5.56 Å². The molecule has 0 aliphatic carbocycles. The van der Waals surface area contributed by atoms with Crippen molar-refractivity contribution in [2.24, 2.45) is 7.05 Å². The van der Waals surface area contributed by atoms with Crippen molar-refractivity contribution in [3.8, 4) is 0 Å². The maximum Gasteiger partial charge on any atom is 0.355 e. The molecule has 2 aromatic rings. The van der Waals surface area contributed by atoms with Crippen LogP contribution in [0.5, 0.6) is 0 Å². The first kappa shape index (κ1) is 16.0. The zero-order valence-electron chi connectivity index (χ0n) is 13.3. The van der Waals surface area contributed by atoms with Crippen molar-refractivity contribution in [1.82, 2.24) is 4.57 Å². The van der Waals surface area contributed by atoms with Crippen LogP contribution in [-0.4, -0.2) is 22.9 Å². The van der Waals surface area contributed by atoms with Crippen molar-refractivity contribution in [2.45, 2.75) is 26.7 Å². The molecule has 0 aliphatic rings. The molecule has 0 saturated carbocycles. The maximum atomic E-state index is 12.1. The van der Waals surface area contributed by atoms with Gasteiger partial charge >= 0.3 is 5.97 Å². The average molecular weight is 299 g/mol. The number of carbonyl (C=O) groups excluding carboxylic acids is 2. The largest absolute Gasteiger partial charge is 0.453 e. The molecule has 0 bridgehead atoms. The lowest BCUT2D eigenvalue weighted by atomic mass is 10.1. The molecule has 2 rings (SSSR count). The molecule has 0 fully saturated rings. The molecule has 0 amide bonds. The number of ketones is 1. The van der Waals surface area contributed by atoms with E-state index in [9.17, 15) is 9.59 Å². The van der Waals surface area contributed by atoms with E-state index >= 15 is 0 Å². The highest BCUT2D eigenvalue weighted by Crippen LogP contribution is 2.10. The second-order valence-electron chi connectivity index (χ2n) is 5.37. The van der Waals surface area contributed by atoms with Crippen LogP contribution in [0.2, 0.25) is 0 Å². The van der Waals surface area contributed by atoms with Gasteiger partial charge in [0.05, 0.1) is 0 Å². The van der Waals surface area contributed by atoms with E-state index in [0.29, 0.717) is 11.3 Å². The SMILES string of the molecule is CCCc1ccc(C(=O)COC(=O)c2ccc(C)n2C)cc1. The van der Waals surface area contributed by atoms with E-state index in [0.717, 1.165) is 18.5 Å². The van der Waals surface area contributed by atoms with Gasteiger partial charge < -0.3 is 9.30 Å². The first-order valence-electron chi connectivity index (χ1n) is 7.44. The molecule has 1 aromatic heterocycles. The Labute approximate surface area is 130 Å². The standard InChI is InChI=1S/C18H21NO3/c1-4-5-14-7-9-15(10-8-14)17(20)12-22-18(21)16-11-6-13(2)19(16)3/h6-11H,4-5,12H2,1-3H3. The monoisotopic (exact) mass is 299 g/mol. The number of hydrogen-bond donors (Lipinski definition) is 0. The number of aromatic nitrogens is 1. The Morgan fingerprint density at radius 1 is 1.09 bits per heavy atom. The number of aryl methyl sites for hydroxylation is 2. The Morgan fingerprint density at radius 3 is 2.32 bits per heavy atom. The van der Waals surface area contributed by atoms with E-state index < -0.39 is 5.97 Å². The van der Waals surface area contributed by atoms with Gasteiger partial charge in [0.2, 0.25) is 0 Å². The molecule has 1 heterocycles. The van der Waals surface area contributed by atoms with Gasteiger partial charge in [-0.1, -0.05) is 37.6 Å². The average Bonchev–Trinajstić information content (AvgIpc) is 2.85. The Bertz CT molecular complexity index is 668. The number of hydrogen-bond acceptors (Lipinski definition) is 3. The number of nitrogens with zero attached hydrogens (tertiary/aromatic N) is 1. The topological polar surface area (TPSA) is 48.3 Å². The molecule has 0 unspecified atom stereocenters. The predicted octanol–water partition coefficient (Wildman–Crippen LogP) is 3.33. The van der Waals surface area contributed by atoms with Crippen LogP contribution < -0.4 is 0 Å². The van der Waals surface area contributed by atoms with Crippen LogP contribution in [0, 0.1) is 6.92 Å². The molecule has 0 saturated heterocycles. The summed E-state index contributed by atoms with van der Waals surface area (Å²) in [4.78, 5) is 24.0. The molecule has 116 valence electrons. The fourth-order valence-corrected chi connectivity index (χ4v) is 2.25. The normalized spacial score (nSPS) is 10.5. The molecule has 0 spiro atoms. The van der Waals surface area contributed by atoms with Crippen molar-refractivity contribution in [3.05, 3.63) is 58.9 Å². The fraction of sp³-hybridized carbons (Fsp3) is 0.333. The number of benzene rings is 1. The molecule has 22 heavy (non-hydrogen) atoms. The van der Waals surface area contributed by atoms with Gasteiger partial charge in [0.1, 0.15) is 5.69 Å². The highest BCUT2D eigenvalue weighted by Gasteiger charge is 2.15. The summed E-state index contributed by atoms with van der Waals surface area (Å²) in [5.41, 5.74) is 3.18. The van der Waals surface area contributed by atoms with E-state index in [2.05, 4.69) is 6.92 Å². The number of ether oxygens (including phenoxy) is 1. The first-order valence-corrected chi connectivity index (χ1v) is 7.44. The minimum Gasteiger partial charge on any atom is -0.453 e. The Hall–Kier alpha value is -2.36. The zero-order chi connectivity index (χ0) is 16.1. The molecule has 0 atom stereocenters. The van der Waals surface area contributed by atoms with Crippen molar-refractivity contribution in [2.75, 3.05) is 6.61 Å². The lowest BCUT2D eigenvalue weighted by Crippen LogP contribution is -2.16. The molecule has 4 nitrogen and oxygen atoms in total. The highest BCUT2D eigenvalue weighted by atomic mass is 16.5. The van der Waals surface area contributed by atoms with Crippen LogP contribution in [0.1, 0.15) is 45.4 Å². The lowest BCUT2D eigenvalue weighted by Gasteiger charge is -2.07. The lowest BCUT2D eigenvalue weighted by molar-refractivity contribution is 0.0465. The molecule has 0 aliphatic heterocycles. The predicted molar refractivity (Wildman–Crippen MR) is 85.2 cm³/mol. The van der Waals surface area contributed by atoms with E-state index in [4.69, 9.17) is 4.74 Å². The first-order chi connectivity index (χ1) is 10.5. The van der Waals surface area contributed by atoms with Crippen LogP contribution >= 0.6 is 0 Å². The van der Waals surface area contributed by atoms with Crippen LogP contribution in [0.15, 0.2) is 36.4 Å². The zero-order valence-corrected chi connectivity index (χ0v) is 13.3. The van der Waals surface area contributed by atoms with Crippen molar-refractivity contribution >= 4 is 11.8 Å². The van der Waals surface area contributed by atoms with Crippen LogP contribution in [0.3, 0.4) is 0 Å². The van der Waals surface area contributed by atoms with Crippen molar-refractivity contribution < 1.29 is 14.3 Å². The second-order valence-corrected chi connectivity index (χ2v) is 5.37. The molecule has 0 radical (unpaired) electrons. The quantitative estimate of drug-likeness (QED) is 0.607. The summed E-state index contributed by atoms with van der Waals surface area (Å²) >= 11 is 0. The summed E-state index contributed by atoms with van der Waals surface area (Å²) in [5.74, 6) is -0.672. The number of rotatable bonds is 6. The Kier molecular flexibility index (Phi) is 5.15. The summed E-state index contributed by atoms with van der Waals surface area (Å²) in [7, 11) is 1.79. The van der Waals surface area contributed by atoms with E-state index in [1.54, 1.807) is 29.8 Å². The maximum absolute atomic E-state index is 12.1. The number of Topliss-reactive ketones (excluding diaryl/α,β-unsaturated/α-hetero) is 1. The summed E-state index contributed by atoms with van der Waals surface area (Å²) < 4.78 is 6.85. The Balaban J connectivity index is 1.94. The molecule has 1 aromatic carbocycles. The van der Waals surface area contributed by atoms with Gasteiger partial charge in [-0.2, -0.15) is 0 Å². The number of carbonyl (C=O) groups is 2. The van der Waals surface area contributed by atoms with Crippen LogP contribution in [0.4, 0.5) is 0 Å². The minimum absolute atomic E-state index is 0.192. The molecule has 0 N–H and O–H groups in total. The van der Waals surface area contributed by atoms with Gasteiger partial charge in [0, 0.05) is 18.3 Å². The van der Waals surface area contributed by atoms with Crippen LogP contribution in [0.25, 0.3) is 0 Å².